The van der Waals surface area contributed by atoms with Crippen LogP contribution in [0.5, 0.6) is 11.5 Å². The molecular weight excluding hydrogens is 378 g/mol. The van der Waals surface area contributed by atoms with E-state index in [1.54, 1.807) is 20.4 Å². The quantitative estimate of drug-likeness (QED) is 0.656. The zero-order valence-corrected chi connectivity index (χ0v) is 17.1. The van der Waals surface area contributed by atoms with Crippen LogP contribution in [-0.2, 0) is 12.8 Å². The molecule has 0 spiro atoms. The number of ether oxygens (including phenoxy) is 2. The second kappa shape index (κ2) is 7.44. The van der Waals surface area contributed by atoms with E-state index in [1.165, 1.54) is 5.56 Å². The van der Waals surface area contributed by atoms with E-state index in [-0.39, 0.29) is 11.7 Å². The van der Waals surface area contributed by atoms with Crippen LogP contribution in [0, 0.1) is 0 Å². The van der Waals surface area contributed by atoms with Gasteiger partial charge in [-0.25, -0.2) is 9.97 Å². The summed E-state index contributed by atoms with van der Waals surface area (Å²) in [6, 6.07) is 14.1. The van der Waals surface area contributed by atoms with Crippen LogP contribution in [0.15, 0.2) is 48.7 Å². The third-order valence-corrected chi connectivity index (χ3v) is 6.04. The monoisotopic (exact) mass is 401 g/mol. The number of hydrogen-bond acceptors (Lipinski definition) is 6. The second-order valence-corrected chi connectivity index (χ2v) is 7.70. The molecule has 0 radical (unpaired) electrons. The van der Waals surface area contributed by atoms with Crippen LogP contribution in [0.25, 0.3) is 0 Å². The second-order valence-electron chi connectivity index (χ2n) is 7.70. The highest BCUT2D eigenvalue weighted by Crippen LogP contribution is 2.39. The summed E-state index contributed by atoms with van der Waals surface area (Å²) in [5, 5.41) is 0. The number of carbonyl (C=O) groups is 1. The van der Waals surface area contributed by atoms with E-state index in [1.807, 2.05) is 24.3 Å². The van der Waals surface area contributed by atoms with Crippen LogP contribution in [0.3, 0.4) is 0 Å². The van der Waals surface area contributed by atoms with E-state index in [0.717, 1.165) is 41.4 Å². The molecule has 3 aromatic rings. The van der Waals surface area contributed by atoms with Gasteiger partial charge in [-0.15, -0.1) is 0 Å². The fraction of sp³-hybridized carbons (Fsp3) is 0.292. The van der Waals surface area contributed by atoms with Gasteiger partial charge in [0, 0.05) is 36.8 Å². The first-order chi connectivity index (χ1) is 14.7. The molecule has 152 valence electrons. The third kappa shape index (κ3) is 3.09. The molecule has 0 saturated carbocycles. The van der Waals surface area contributed by atoms with Gasteiger partial charge in [0.25, 0.3) is 0 Å². The van der Waals surface area contributed by atoms with Crippen molar-refractivity contribution in [3.8, 4) is 11.5 Å². The number of anilines is 2. The molecule has 1 atom stereocenters. The van der Waals surface area contributed by atoms with Crippen LogP contribution in [0.1, 0.15) is 39.5 Å². The van der Waals surface area contributed by atoms with Crippen LogP contribution < -0.4 is 14.4 Å². The number of rotatable bonds is 4. The van der Waals surface area contributed by atoms with Gasteiger partial charge in [0.2, 0.25) is 5.95 Å². The molecular formula is C24H23N3O3. The van der Waals surface area contributed by atoms with E-state index in [9.17, 15) is 4.79 Å². The number of ketones is 1. The summed E-state index contributed by atoms with van der Waals surface area (Å²) < 4.78 is 10.9. The van der Waals surface area contributed by atoms with Crippen molar-refractivity contribution >= 4 is 17.4 Å². The molecule has 2 aromatic carbocycles. The van der Waals surface area contributed by atoms with Crippen LogP contribution in [0.2, 0.25) is 0 Å². The van der Waals surface area contributed by atoms with Gasteiger partial charge in [-0.2, -0.15) is 0 Å². The van der Waals surface area contributed by atoms with Crippen molar-refractivity contribution in [2.45, 2.75) is 25.2 Å². The molecule has 0 amide bonds. The van der Waals surface area contributed by atoms with Gasteiger partial charge in [-0.05, 0) is 36.1 Å². The Bertz CT molecular complexity index is 1130. The summed E-state index contributed by atoms with van der Waals surface area (Å²) in [6.45, 7) is 0.849. The first-order valence-corrected chi connectivity index (χ1v) is 10.1. The van der Waals surface area contributed by atoms with Gasteiger partial charge in [0.05, 0.1) is 25.5 Å². The number of fused-ring (bicyclic) bond motifs is 2. The molecule has 2 aliphatic rings. The van der Waals surface area contributed by atoms with Crippen molar-refractivity contribution in [2.24, 2.45) is 0 Å². The van der Waals surface area contributed by atoms with Gasteiger partial charge in [-0.3, -0.25) is 4.79 Å². The van der Waals surface area contributed by atoms with Gasteiger partial charge < -0.3 is 14.4 Å². The molecule has 0 N–H and O–H groups in total. The Morgan fingerprint density at radius 1 is 1.07 bits per heavy atom. The van der Waals surface area contributed by atoms with Gasteiger partial charge in [0.1, 0.15) is 11.5 Å². The SMILES string of the molecule is COc1ccc([C@@H]2CC(=O)c3cnc(N4CCc5ccccc54)nc3C2)c(OC)c1. The zero-order valence-electron chi connectivity index (χ0n) is 17.1. The highest BCUT2D eigenvalue weighted by atomic mass is 16.5. The fourth-order valence-corrected chi connectivity index (χ4v) is 4.49. The van der Waals surface area contributed by atoms with Crippen LogP contribution >= 0.6 is 0 Å². The predicted molar refractivity (Wildman–Crippen MR) is 114 cm³/mol. The molecule has 1 aromatic heterocycles. The average Bonchev–Trinajstić information content (AvgIpc) is 3.22. The lowest BCUT2D eigenvalue weighted by Crippen LogP contribution is -2.24. The lowest BCUT2D eigenvalue weighted by molar-refractivity contribution is 0.0962. The summed E-state index contributed by atoms with van der Waals surface area (Å²) in [5.74, 6) is 2.22. The highest BCUT2D eigenvalue weighted by molar-refractivity contribution is 5.98. The average molecular weight is 401 g/mol. The Morgan fingerprint density at radius 3 is 2.77 bits per heavy atom. The predicted octanol–water partition coefficient (Wildman–Crippen LogP) is 4.10. The molecule has 30 heavy (non-hydrogen) atoms. The molecule has 2 heterocycles. The molecule has 1 aliphatic carbocycles. The first-order valence-electron chi connectivity index (χ1n) is 10.1. The molecule has 0 bridgehead atoms. The van der Waals surface area contributed by atoms with E-state index in [2.05, 4.69) is 28.1 Å². The van der Waals surface area contributed by atoms with Crippen molar-refractivity contribution < 1.29 is 14.3 Å². The Balaban J connectivity index is 1.49. The first kappa shape index (κ1) is 18.6. The van der Waals surface area contributed by atoms with Crippen molar-refractivity contribution in [2.75, 3.05) is 25.7 Å². The normalized spacial score (nSPS) is 17.5. The summed E-state index contributed by atoms with van der Waals surface area (Å²) in [6.07, 6.45) is 3.77. The minimum atomic E-state index is 0.0134. The molecule has 6 nitrogen and oxygen atoms in total. The van der Waals surface area contributed by atoms with E-state index >= 15 is 0 Å². The van der Waals surface area contributed by atoms with E-state index < -0.39 is 0 Å². The lowest BCUT2D eigenvalue weighted by Gasteiger charge is -2.26. The smallest absolute Gasteiger partial charge is 0.230 e. The number of nitrogens with zero attached hydrogens (tertiary/aromatic N) is 3. The number of benzene rings is 2. The number of hydrogen-bond donors (Lipinski definition) is 0. The number of methoxy groups -OCH3 is 2. The standard InChI is InChI=1S/C24H23N3O3/c1-29-17-7-8-18(23(13-17)30-2)16-11-20-19(22(28)12-16)14-25-24(26-20)27-10-9-15-5-3-4-6-21(15)27/h3-8,13-14,16H,9-12H2,1-2H3/t16-/m0/s1. The lowest BCUT2D eigenvalue weighted by atomic mass is 9.82. The summed E-state index contributed by atoms with van der Waals surface area (Å²) in [4.78, 5) is 24.4. The molecule has 6 heteroatoms. The Hall–Kier alpha value is -3.41. The van der Waals surface area contributed by atoms with Crippen molar-refractivity contribution in [1.82, 2.24) is 9.97 Å². The summed E-state index contributed by atoms with van der Waals surface area (Å²) >= 11 is 0. The number of Topliss-reactive ketones (excluding diaryl/α,β-unsaturated/α-hetero) is 1. The number of para-hydroxylation sites is 1. The maximum absolute atomic E-state index is 12.9. The fourth-order valence-electron chi connectivity index (χ4n) is 4.49. The van der Waals surface area contributed by atoms with E-state index in [4.69, 9.17) is 14.5 Å². The zero-order chi connectivity index (χ0) is 20.7. The minimum absolute atomic E-state index is 0.0134. The van der Waals surface area contributed by atoms with Gasteiger partial charge >= 0.3 is 0 Å². The maximum Gasteiger partial charge on any atom is 0.230 e. The Labute approximate surface area is 175 Å². The van der Waals surface area contributed by atoms with Crippen LogP contribution in [-0.4, -0.2) is 36.5 Å². The molecule has 0 fully saturated rings. The molecule has 0 saturated heterocycles. The Morgan fingerprint density at radius 2 is 1.93 bits per heavy atom. The number of aromatic nitrogens is 2. The number of carbonyl (C=O) groups excluding carboxylic acids is 1. The summed E-state index contributed by atoms with van der Waals surface area (Å²) in [5.41, 5.74) is 4.89. The van der Waals surface area contributed by atoms with E-state index in [0.29, 0.717) is 24.4 Å². The van der Waals surface area contributed by atoms with Crippen molar-refractivity contribution in [3.05, 3.63) is 71.0 Å². The topological polar surface area (TPSA) is 64.5 Å². The molecule has 0 unspecified atom stereocenters. The van der Waals surface area contributed by atoms with Crippen LogP contribution in [0.4, 0.5) is 11.6 Å². The minimum Gasteiger partial charge on any atom is -0.497 e. The maximum atomic E-state index is 12.9. The summed E-state index contributed by atoms with van der Waals surface area (Å²) in [7, 11) is 3.27. The highest BCUT2D eigenvalue weighted by Gasteiger charge is 2.31. The molecule has 5 rings (SSSR count). The largest absolute Gasteiger partial charge is 0.497 e. The van der Waals surface area contributed by atoms with Gasteiger partial charge in [-0.1, -0.05) is 24.3 Å². The Kier molecular flexibility index (Phi) is 4.62. The van der Waals surface area contributed by atoms with Crippen molar-refractivity contribution in [1.29, 1.82) is 0 Å². The van der Waals surface area contributed by atoms with Gasteiger partial charge in [0.15, 0.2) is 5.78 Å². The molecule has 1 aliphatic heterocycles. The van der Waals surface area contributed by atoms with Crippen molar-refractivity contribution in [3.63, 3.8) is 0 Å². The third-order valence-electron chi connectivity index (χ3n) is 6.04.